The standard InChI is InChI=1S/C8H13ClF3NO/c1-2-3-4-13(7(14)5-9)6-8(10,11)12/h2-6H2,1H3. The van der Waals surface area contributed by atoms with Gasteiger partial charge in [-0.1, -0.05) is 13.3 Å². The first-order valence-electron chi connectivity index (χ1n) is 4.31. The molecule has 0 aromatic heterocycles. The van der Waals surface area contributed by atoms with Crippen molar-refractivity contribution >= 4 is 17.5 Å². The topological polar surface area (TPSA) is 20.3 Å². The molecular weight excluding hydrogens is 219 g/mol. The average Bonchev–Trinajstić information content (AvgIpc) is 2.09. The second kappa shape index (κ2) is 6.11. The lowest BCUT2D eigenvalue weighted by Crippen LogP contribution is -2.40. The van der Waals surface area contributed by atoms with Crippen LogP contribution in [0.2, 0.25) is 0 Å². The maximum absolute atomic E-state index is 12.0. The molecule has 0 aliphatic heterocycles. The smallest absolute Gasteiger partial charge is 0.333 e. The fourth-order valence-electron chi connectivity index (χ4n) is 0.942. The van der Waals surface area contributed by atoms with Crippen LogP contribution in [0, 0.1) is 0 Å². The molecule has 0 heterocycles. The minimum Gasteiger partial charge on any atom is -0.333 e. The highest BCUT2D eigenvalue weighted by Gasteiger charge is 2.32. The molecule has 0 saturated heterocycles. The van der Waals surface area contributed by atoms with Crippen LogP contribution in [0.5, 0.6) is 0 Å². The molecule has 0 unspecified atom stereocenters. The Hall–Kier alpha value is -0.450. The summed E-state index contributed by atoms with van der Waals surface area (Å²) in [6.45, 7) is 0.747. The zero-order chi connectivity index (χ0) is 11.2. The van der Waals surface area contributed by atoms with E-state index in [-0.39, 0.29) is 6.54 Å². The molecule has 14 heavy (non-hydrogen) atoms. The van der Waals surface area contributed by atoms with Gasteiger partial charge in [-0.3, -0.25) is 4.79 Å². The van der Waals surface area contributed by atoms with E-state index < -0.39 is 24.5 Å². The van der Waals surface area contributed by atoms with Crippen LogP contribution in [-0.2, 0) is 4.79 Å². The Morgan fingerprint density at radius 2 is 2.00 bits per heavy atom. The van der Waals surface area contributed by atoms with Crippen molar-refractivity contribution < 1.29 is 18.0 Å². The number of rotatable bonds is 5. The Morgan fingerprint density at radius 3 is 2.36 bits per heavy atom. The highest BCUT2D eigenvalue weighted by Crippen LogP contribution is 2.17. The predicted octanol–water partition coefficient (Wildman–Crippen LogP) is 2.42. The molecule has 2 nitrogen and oxygen atoms in total. The SMILES string of the molecule is CCCCN(CC(F)(F)F)C(=O)CCl. The zero-order valence-electron chi connectivity index (χ0n) is 7.90. The first-order chi connectivity index (χ1) is 6.40. The van der Waals surface area contributed by atoms with E-state index >= 15 is 0 Å². The third-order valence-electron chi connectivity index (χ3n) is 1.62. The fourth-order valence-corrected chi connectivity index (χ4v) is 1.11. The molecule has 0 spiro atoms. The number of amides is 1. The highest BCUT2D eigenvalue weighted by atomic mass is 35.5. The van der Waals surface area contributed by atoms with Crippen LogP contribution in [0.15, 0.2) is 0 Å². The van der Waals surface area contributed by atoms with E-state index in [1.54, 1.807) is 0 Å². The van der Waals surface area contributed by atoms with Crippen LogP contribution in [0.3, 0.4) is 0 Å². The van der Waals surface area contributed by atoms with E-state index in [2.05, 4.69) is 0 Å². The molecule has 6 heteroatoms. The Labute approximate surface area is 86.0 Å². The minimum absolute atomic E-state index is 0.113. The molecule has 0 rings (SSSR count). The lowest BCUT2D eigenvalue weighted by molar-refractivity contribution is -0.159. The number of halogens is 4. The first kappa shape index (κ1) is 13.5. The van der Waals surface area contributed by atoms with Crippen molar-refractivity contribution in [1.82, 2.24) is 4.90 Å². The Morgan fingerprint density at radius 1 is 1.43 bits per heavy atom. The van der Waals surface area contributed by atoms with Crippen molar-refractivity contribution in [2.45, 2.75) is 25.9 Å². The van der Waals surface area contributed by atoms with E-state index in [4.69, 9.17) is 11.6 Å². The van der Waals surface area contributed by atoms with Gasteiger partial charge in [0.1, 0.15) is 12.4 Å². The largest absolute Gasteiger partial charge is 0.406 e. The molecule has 0 saturated carbocycles. The van der Waals surface area contributed by atoms with Crippen molar-refractivity contribution in [1.29, 1.82) is 0 Å². The summed E-state index contributed by atoms with van der Waals surface area (Å²) in [7, 11) is 0. The molecule has 0 bridgehead atoms. The molecule has 1 amide bonds. The van der Waals surface area contributed by atoms with Crippen LogP contribution in [0.1, 0.15) is 19.8 Å². The zero-order valence-corrected chi connectivity index (χ0v) is 8.66. The van der Waals surface area contributed by atoms with Gasteiger partial charge in [-0.25, -0.2) is 0 Å². The second-order valence-corrected chi connectivity index (χ2v) is 3.18. The van der Waals surface area contributed by atoms with E-state index in [0.29, 0.717) is 6.42 Å². The molecule has 0 radical (unpaired) electrons. The van der Waals surface area contributed by atoms with Gasteiger partial charge in [0.25, 0.3) is 0 Å². The van der Waals surface area contributed by atoms with Gasteiger partial charge in [-0.05, 0) is 6.42 Å². The first-order valence-corrected chi connectivity index (χ1v) is 4.84. The summed E-state index contributed by atoms with van der Waals surface area (Å²) in [6.07, 6.45) is -3.06. The van der Waals surface area contributed by atoms with Crippen molar-refractivity contribution in [3.05, 3.63) is 0 Å². The van der Waals surface area contributed by atoms with Crippen LogP contribution in [-0.4, -0.2) is 36.0 Å². The van der Waals surface area contributed by atoms with Crippen molar-refractivity contribution in [3.8, 4) is 0 Å². The molecule has 0 N–H and O–H groups in total. The van der Waals surface area contributed by atoms with Crippen molar-refractivity contribution in [3.63, 3.8) is 0 Å². The number of unbranched alkanes of at least 4 members (excludes halogenated alkanes) is 1. The monoisotopic (exact) mass is 231 g/mol. The highest BCUT2D eigenvalue weighted by molar-refractivity contribution is 6.27. The Bertz CT molecular complexity index is 184. The van der Waals surface area contributed by atoms with Gasteiger partial charge in [0.2, 0.25) is 5.91 Å². The summed E-state index contributed by atoms with van der Waals surface area (Å²) in [6, 6.07) is 0. The lowest BCUT2D eigenvalue weighted by Gasteiger charge is -2.22. The average molecular weight is 232 g/mol. The molecule has 0 aromatic rings. The summed E-state index contributed by atoms with van der Waals surface area (Å²) >= 11 is 5.20. The fraction of sp³-hybridized carbons (Fsp3) is 0.875. The number of hydrogen-bond acceptors (Lipinski definition) is 1. The third-order valence-corrected chi connectivity index (χ3v) is 1.85. The van der Waals surface area contributed by atoms with Gasteiger partial charge in [-0.2, -0.15) is 13.2 Å². The van der Waals surface area contributed by atoms with Crippen molar-refractivity contribution in [2.24, 2.45) is 0 Å². The molecule has 0 atom stereocenters. The number of alkyl halides is 4. The van der Waals surface area contributed by atoms with Gasteiger partial charge in [0.15, 0.2) is 0 Å². The van der Waals surface area contributed by atoms with Gasteiger partial charge >= 0.3 is 6.18 Å². The maximum atomic E-state index is 12.0. The summed E-state index contributed by atoms with van der Waals surface area (Å²) in [4.78, 5) is 11.7. The van der Waals surface area contributed by atoms with E-state index in [1.165, 1.54) is 0 Å². The summed E-state index contributed by atoms with van der Waals surface area (Å²) in [5, 5.41) is 0. The Kier molecular flexibility index (Phi) is 5.92. The number of nitrogens with zero attached hydrogens (tertiary/aromatic N) is 1. The van der Waals surface area contributed by atoms with Gasteiger partial charge in [0.05, 0.1) is 0 Å². The maximum Gasteiger partial charge on any atom is 0.406 e. The van der Waals surface area contributed by atoms with Gasteiger partial charge < -0.3 is 4.90 Å². The van der Waals surface area contributed by atoms with Gasteiger partial charge in [-0.15, -0.1) is 11.6 Å². The van der Waals surface area contributed by atoms with Crippen LogP contribution < -0.4 is 0 Å². The number of hydrogen-bond donors (Lipinski definition) is 0. The summed E-state index contributed by atoms with van der Waals surface area (Å²) < 4.78 is 36.0. The quantitative estimate of drug-likeness (QED) is 0.666. The van der Waals surface area contributed by atoms with Crippen molar-refractivity contribution in [2.75, 3.05) is 19.0 Å². The summed E-state index contributed by atoms with van der Waals surface area (Å²) in [5.41, 5.74) is 0. The number of carbonyl (C=O) groups is 1. The van der Waals surface area contributed by atoms with Crippen LogP contribution in [0.25, 0.3) is 0 Å². The molecule has 0 aliphatic rings. The number of carbonyl (C=O) groups excluding carboxylic acids is 1. The van der Waals surface area contributed by atoms with Crippen LogP contribution >= 0.6 is 11.6 Å². The molecule has 0 aromatic carbocycles. The lowest BCUT2D eigenvalue weighted by atomic mass is 10.3. The minimum atomic E-state index is -4.35. The molecular formula is C8H13ClF3NO. The van der Waals surface area contributed by atoms with Crippen LogP contribution in [0.4, 0.5) is 13.2 Å². The van der Waals surface area contributed by atoms with E-state index in [0.717, 1.165) is 11.3 Å². The van der Waals surface area contributed by atoms with E-state index in [9.17, 15) is 18.0 Å². The molecule has 0 aliphatic carbocycles. The second-order valence-electron chi connectivity index (χ2n) is 2.92. The summed E-state index contributed by atoms with van der Waals surface area (Å²) in [5.74, 6) is -1.07. The normalized spacial score (nSPS) is 11.5. The molecule has 0 fully saturated rings. The third kappa shape index (κ3) is 6.07. The van der Waals surface area contributed by atoms with Gasteiger partial charge in [0, 0.05) is 6.54 Å². The predicted molar refractivity (Wildman–Crippen MR) is 48.3 cm³/mol. The Balaban J connectivity index is 4.18. The van der Waals surface area contributed by atoms with E-state index in [1.807, 2.05) is 6.92 Å². The molecule has 84 valence electrons.